The fourth-order valence-corrected chi connectivity index (χ4v) is 3.80. The summed E-state index contributed by atoms with van der Waals surface area (Å²) in [5.74, 6) is -1.02. The number of carbonyl (C=O) groups excluding carboxylic acids is 1. The Labute approximate surface area is 145 Å². The van der Waals surface area contributed by atoms with Gasteiger partial charge in [-0.3, -0.25) is 9.59 Å². The average molecular weight is 337 g/mol. The average Bonchev–Trinajstić information content (AvgIpc) is 3.26. The quantitative estimate of drug-likeness (QED) is 0.933. The standard InChI is InChI=1S/C20H19NO4/c22-19(18-10-14-8-4-5-9-17(14)25-18)21-11-15(16(12-21)20(23)24)13-6-2-1-3-7-13/h1-9,15-16,18H,10-12H2,(H,23,24)/t15-,16-,18?/m1/s1. The predicted octanol–water partition coefficient (Wildman–Crippen LogP) is 2.32. The van der Waals surface area contributed by atoms with Gasteiger partial charge in [0.1, 0.15) is 5.75 Å². The Morgan fingerprint density at radius 1 is 1.00 bits per heavy atom. The van der Waals surface area contributed by atoms with Crippen molar-refractivity contribution in [1.82, 2.24) is 4.90 Å². The molecule has 1 N–H and O–H groups in total. The Balaban J connectivity index is 1.52. The number of amides is 1. The van der Waals surface area contributed by atoms with Crippen LogP contribution in [0.1, 0.15) is 17.0 Å². The second-order valence-corrected chi connectivity index (χ2v) is 6.62. The van der Waals surface area contributed by atoms with Crippen molar-refractivity contribution < 1.29 is 19.4 Å². The largest absolute Gasteiger partial charge is 0.481 e. The van der Waals surface area contributed by atoms with Crippen LogP contribution in [0.5, 0.6) is 5.75 Å². The van der Waals surface area contributed by atoms with E-state index in [0.29, 0.717) is 13.0 Å². The van der Waals surface area contributed by atoms with Gasteiger partial charge >= 0.3 is 5.97 Å². The molecule has 128 valence electrons. The zero-order valence-corrected chi connectivity index (χ0v) is 13.7. The molecule has 3 atom stereocenters. The summed E-state index contributed by atoms with van der Waals surface area (Å²) in [6.07, 6.45) is -0.0134. The molecule has 2 aliphatic heterocycles. The number of hydrogen-bond donors (Lipinski definition) is 1. The van der Waals surface area contributed by atoms with Crippen molar-refractivity contribution in [1.29, 1.82) is 0 Å². The number of carboxylic acid groups (broad SMARTS) is 1. The van der Waals surface area contributed by atoms with Crippen LogP contribution in [0, 0.1) is 5.92 Å². The minimum atomic E-state index is -0.861. The van der Waals surface area contributed by atoms with Crippen LogP contribution < -0.4 is 4.74 Å². The van der Waals surface area contributed by atoms with Crippen molar-refractivity contribution in [2.24, 2.45) is 5.92 Å². The van der Waals surface area contributed by atoms with Gasteiger partial charge in [0.05, 0.1) is 5.92 Å². The summed E-state index contributed by atoms with van der Waals surface area (Å²) in [4.78, 5) is 26.2. The summed E-state index contributed by atoms with van der Waals surface area (Å²) in [5, 5.41) is 9.58. The number of hydrogen-bond acceptors (Lipinski definition) is 3. The van der Waals surface area contributed by atoms with Gasteiger partial charge in [0.15, 0.2) is 6.10 Å². The van der Waals surface area contributed by atoms with E-state index in [9.17, 15) is 14.7 Å². The van der Waals surface area contributed by atoms with E-state index < -0.39 is 18.0 Å². The van der Waals surface area contributed by atoms with Gasteiger partial charge < -0.3 is 14.7 Å². The third-order valence-corrected chi connectivity index (χ3v) is 5.10. The summed E-state index contributed by atoms with van der Waals surface area (Å²) >= 11 is 0. The highest BCUT2D eigenvalue weighted by Gasteiger charge is 2.43. The maximum absolute atomic E-state index is 12.9. The molecule has 0 aromatic heterocycles. The van der Waals surface area contributed by atoms with Gasteiger partial charge in [-0.05, 0) is 17.2 Å². The number of carboxylic acids is 1. The van der Waals surface area contributed by atoms with Crippen LogP contribution >= 0.6 is 0 Å². The molecular weight excluding hydrogens is 318 g/mol. The Hall–Kier alpha value is -2.82. The molecule has 0 bridgehead atoms. The van der Waals surface area contributed by atoms with Crippen molar-refractivity contribution in [2.45, 2.75) is 18.4 Å². The smallest absolute Gasteiger partial charge is 0.308 e. The first-order valence-electron chi connectivity index (χ1n) is 8.44. The summed E-state index contributed by atoms with van der Waals surface area (Å²) in [6, 6.07) is 17.2. The Kier molecular flexibility index (Phi) is 3.92. The van der Waals surface area contributed by atoms with Gasteiger partial charge in [-0.15, -0.1) is 0 Å². The molecule has 0 aliphatic carbocycles. The predicted molar refractivity (Wildman–Crippen MR) is 91.5 cm³/mol. The lowest BCUT2D eigenvalue weighted by Crippen LogP contribution is -2.40. The fourth-order valence-electron chi connectivity index (χ4n) is 3.80. The molecule has 2 heterocycles. The minimum Gasteiger partial charge on any atom is -0.481 e. The molecule has 1 unspecified atom stereocenters. The number of likely N-dealkylation sites (tertiary alicyclic amines) is 1. The van der Waals surface area contributed by atoms with Crippen molar-refractivity contribution in [3.63, 3.8) is 0 Å². The summed E-state index contributed by atoms with van der Waals surface area (Å²) in [7, 11) is 0. The maximum atomic E-state index is 12.9. The Bertz CT molecular complexity index is 779. The Morgan fingerprint density at radius 2 is 1.72 bits per heavy atom. The molecule has 1 amide bonds. The second kappa shape index (κ2) is 6.24. The van der Waals surface area contributed by atoms with Gasteiger partial charge in [0.2, 0.25) is 0 Å². The first-order valence-corrected chi connectivity index (χ1v) is 8.44. The van der Waals surface area contributed by atoms with Crippen LogP contribution in [0.15, 0.2) is 54.6 Å². The number of rotatable bonds is 3. The summed E-state index contributed by atoms with van der Waals surface area (Å²) in [5.41, 5.74) is 1.98. The van der Waals surface area contributed by atoms with E-state index in [4.69, 9.17) is 4.74 Å². The zero-order valence-electron chi connectivity index (χ0n) is 13.7. The normalized spacial score (nSPS) is 24.6. The monoisotopic (exact) mass is 337 g/mol. The molecule has 25 heavy (non-hydrogen) atoms. The van der Waals surface area contributed by atoms with Crippen molar-refractivity contribution in [3.05, 3.63) is 65.7 Å². The van der Waals surface area contributed by atoms with Gasteiger partial charge in [-0.25, -0.2) is 0 Å². The van der Waals surface area contributed by atoms with Gasteiger partial charge in [0.25, 0.3) is 5.91 Å². The van der Waals surface area contributed by atoms with E-state index in [0.717, 1.165) is 16.9 Å². The van der Waals surface area contributed by atoms with Crippen LogP contribution in [0.2, 0.25) is 0 Å². The van der Waals surface area contributed by atoms with Crippen molar-refractivity contribution >= 4 is 11.9 Å². The molecule has 4 rings (SSSR count). The first kappa shape index (κ1) is 15.7. The number of aliphatic carboxylic acids is 1. The van der Waals surface area contributed by atoms with E-state index in [1.165, 1.54) is 0 Å². The Morgan fingerprint density at radius 3 is 2.44 bits per heavy atom. The SMILES string of the molecule is O=C(O)[C@@H]1CN(C(=O)C2Cc3ccccc3O2)C[C@@H]1c1ccccc1. The molecule has 2 aliphatic rings. The van der Waals surface area contributed by atoms with Crippen LogP contribution in [-0.2, 0) is 16.0 Å². The molecule has 2 aromatic carbocycles. The van der Waals surface area contributed by atoms with Crippen molar-refractivity contribution in [3.8, 4) is 5.75 Å². The van der Waals surface area contributed by atoms with Gasteiger partial charge in [-0.2, -0.15) is 0 Å². The lowest BCUT2D eigenvalue weighted by Gasteiger charge is -2.20. The third-order valence-electron chi connectivity index (χ3n) is 5.10. The summed E-state index contributed by atoms with van der Waals surface area (Å²) in [6.45, 7) is 0.639. The number of fused-ring (bicyclic) bond motifs is 1. The third kappa shape index (κ3) is 2.86. The molecular formula is C20H19NO4. The molecule has 5 nitrogen and oxygen atoms in total. The number of nitrogens with zero attached hydrogens (tertiary/aromatic N) is 1. The lowest BCUT2D eigenvalue weighted by atomic mass is 9.89. The minimum absolute atomic E-state index is 0.124. The highest BCUT2D eigenvalue weighted by Crippen LogP contribution is 2.35. The fraction of sp³-hybridized carbons (Fsp3) is 0.300. The summed E-state index contributed by atoms with van der Waals surface area (Å²) < 4.78 is 5.78. The molecule has 0 radical (unpaired) electrons. The molecule has 5 heteroatoms. The number of para-hydroxylation sites is 1. The highest BCUT2D eigenvalue weighted by molar-refractivity contribution is 5.84. The molecule has 1 fully saturated rings. The van der Waals surface area contributed by atoms with Crippen LogP contribution in [0.3, 0.4) is 0 Å². The van der Waals surface area contributed by atoms with Crippen LogP contribution in [0.4, 0.5) is 0 Å². The zero-order chi connectivity index (χ0) is 17.4. The number of ether oxygens (including phenoxy) is 1. The van der Waals surface area contributed by atoms with Gasteiger partial charge in [-0.1, -0.05) is 48.5 Å². The molecule has 0 saturated carbocycles. The van der Waals surface area contributed by atoms with Gasteiger partial charge in [0, 0.05) is 25.4 Å². The maximum Gasteiger partial charge on any atom is 0.308 e. The van der Waals surface area contributed by atoms with E-state index >= 15 is 0 Å². The molecule has 0 spiro atoms. The van der Waals surface area contributed by atoms with E-state index in [-0.39, 0.29) is 18.4 Å². The number of benzene rings is 2. The van der Waals surface area contributed by atoms with E-state index in [1.807, 2.05) is 54.6 Å². The van der Waals surface area contributed by atoms with E-state index in [1.54, 1.807) is 4.90 Å². The van der Waals surface area contributed by atoms with Crippen LogP contribution in [0.25, 0.3) is 0 Å². The lowest BCUT2D eigenvalue weighted by molar-refractivity contribution is -0.142. The highest BCUT2D eigenvalue weighted by atomic mass is 16.5. The first-order chi connectivity index (χ1) is 12.1. The molecule has 1 saturated heterocycles. The number of carbonyl (C=O) groups is 2. The topological polar surface area (TPSA) is 66.8 Å². The van der Waals surface area contributed by atoms with Crippen LogP contribution in [-0.4, -0.2) is 41.1 Å². The van der Waals surface area contributed by atoms with Crippen molar-refractivity contribution in [2.75, 3.05) is 13.1 Å². The van der Waals surface area contributed by atoms with E-state index in [2.05, 4.69) is 0 Å². The molecule has 2 aromatic rings. The second-order valence-electron chi connectivity index (χ2n) is 6.62.